The molecule has 8 nitrogen and oxygen atoms in total. The Kier molecular flexibility index (Phi) is 6.62. The molecule has 26 heavy (non-hydrogen) atoms. The van der Waals surface area contributed by atoms with Gasteiger partial charge >= 0.3 is 17.1 Å². The second kappa shape index (κ2) is 8.70. The minimum Gasteiger partial charge on any atom is -0.480 e. The molecule has 140 valence electrons. The molecule has 0 aliphatic rings. The van der Waals surface area contributed by atoms with Gasteiger partial charge in [-0.2, -0.15) is 11.8 Å². The fourth-order valence-corrected chi connectivity index (χ4v) is 3.06. The summed E-state index contributed by atoms with van der Waals surface area (Å²) in [6.07, 6.45) is 2.76. The molecule has 0 fully saturated rings. The Labute approximate surface area is 153 Å². The number of aliphatic carboxylic acids is 1. The van der Waals surface area contributed by atoms with Crippen molar-refractivity contribution >= 4 is 34.7 Å². The maximum absolute atomic E-state index is 12.0. The molecule has 0 radical (unpaired) electrons. The maximum atomic E-state index is 12.0. The van der Waals surface area contributed by atoms with Gasteiger partial charge in [-0.1, -0.05) is 6.07 Å². The van der Waals surface area contributed by atoms with Crippen LogP contribution in [0.4, 0.5) is 0 Å². The zero-order valence-electron chi connectivity index (χ0n) is 14.6. The van der Waals surface area contributed by atoms with E-state index in [0.717, 1.165) is 5.56 Å². The minimum absolute atomic E-state index is 0.130. The smallest absolute Gasteiger partial charge is 0.326 e. The first-order chi connectivity index (χ1) is 12.3. The second-order valence-electron chi connectivity index (χ2n) is 5.91. The number of rotatable bonds is 8. The number of carboxylic acid groups (broad SMARTS) is 1. The summed E-state index contributed by atoms with van der Waals surface area (Å²) in [6.45, 7) is 0. The standard InChI is InChI=1S/C17H21N3O5S/c1-20-13-5-3-10(9-12(13)19-15(22)16(20)23)4-6-14(21)18-11(17(24)25)7-8-26-2/h3,5,9,11H,4,6-8H2,1-2H3,(H,18,21)(H,19,22)(H,24,25)/t11-/m0/s1. The number of hydrogen-bond donors (Lipinski definition) is 3. The molecule has 1 heterocycles. The van der Waals surface area contributed by atoms with Crippen molar-refractivity contribution in [2.45, 2.75) is 25.3 Å². The van der Waals surface area contributed by atoms with E-state index in [9.17, 15) is 19.2 Å². The van der Waals surface area contributed by atoms with E-state index >= 15 is 0 Å². The SMILES string of the molecule is CSCC[C@H](NC(=O)CCc1ccc2c(c1)[nH]c(=O)c(=O)n2C)C(=O)O. The number of hydrogen-bond acceptors (Lipinski definition) is 5. The summed E-state index contributed by atoms with van der Waals surface area (Å²) in [5.41, 5.74) is 0.574. The molecule has 9 heteroatoms. The first-order valence-electron chi connectivity index (χ1n) is 8.06. The van der Waals surface area contributed by atoms with Crippen LogP contribution in [-0.4, -0.2) is 44.6 Å². The number of carbonyl (C=O) groups excluding carboxylic acids is 1. The average Bonchev–Trinajstić information content (AvgIpc) is 2.61. The van der Waals surface area contributed by atoms with E-state index in [1.54, 1.807) is 18.2 Å². The quantitative estimate of drug-likeness (QED) is 0.574. The Morgan fingerprint density at radius 1 is 1.35 bits per heavy atom. The van der Waals surface area contributed by atoms with Gasteiger partial charge in [0.2, 0.25) is 5.91 Å². The Morgan fingerprint density at radius 2 is 2.08 bits per heavy atom. The summed E-state index contributed by atoms with van der Waals surface area (Å²) in [4.78, 5) is 48.9. The molecule has 0 spiro atoms. The van der Waals surface area contributed by atoms with Crippen molar-refractivity contribution in [2.24, 2.45) is 7.05 Å². The third-order valence-electron chi connectivity index (χ3n) is 4.05. The van der Waals surface area contributed by atoms with Crippen LogP contribution in [0.25, 0.3) is 11.0 Å². The number of aromatic nitrogens is 2. The molecule has 0 aliphatic carbocycles. The minimum atomic E-state index is -1.04. The number of H-pyrrole nitrogens is 1. The third kappa shape index (κ3) is 4.75. The van der Waals surface area contributed by atoms with E-state index in [-0.39, 0.29) is 12.3 Å². The van der Waals surface area contributed by atoms with Crippen molar-refractivity contribution in [3.05, 3.63) is 44.5 Å². The number of fused-ring (bicyclic) bond motifs is 1. The summed E-state index contributed by atoms with van der Waals surface area (Å²) < 4.78 is 1.27. The molecule has 1 aromatic carbocycles. The number of aromatic amines is 1. The molecule has 2 aromatic rings. The van der Waals surface area contributed by atoms with Crippen molar-refractivity contribution < 1.29 is 14.7 Å². The molecular formula is C17H21N3O5S. The van der Waals surface area contributed by atoms with Crippen molar-refractivity contribution in [3.8, 4) is 0 Å². The van der Waals surface area contributed by atoms with Crippen LogP contribution in [-0.2, 0) is 23.1 Å². The number of aryl methyl sites for hydroxylation is 2. The van der Waals surface area contributed by atoms with Crippen LogP contribution in [0, 0.1) is 0 Å². The highest BCUT2D eigenvalue weighted by Gasteiger charge is 2.19. The Morgan fingerprint density at radius 3 is 2.73 bits per heavy atom. The topological polar surface area (TPSA) is 121 Å². The predicted octanol–water partition coefficient (Wildman–Crippen LogP) is 0.482. The molecule has 0 saturated heterocycles. The number of benzene rings is 1. The van der Waals surface area contributed by atoms with Gasteiger partial charge in [-0.15, -0.1) is 0 Å². The van der Waals surface area contributed by atoms with Crippen LogP contribution in [0.2, 0.25) is 0 Å². The van der Waals surface area contributed by atoms with Crippen LogP contribution >= 0.6 is 11.8 Å². The molecule has 1 amide bonds. The highest BCUT2D eigenvalue weighted by atomic mass is 32.2. The van der Waals surface area contributed by atoms with Crippen LogP contribution < -0.4 is 16.4 Å². The van der Waals surface area contributed by atoms with E-state index in [2.05, 4.69) is 10.3 Å². The monoisotopic (exact) mass is 379 g/mol. The van der Waals surface area contributed by atoms with E-state index in [1.165, 1.54) is 23.4 Å². The zero-order chi connectivity index (χ0) is 19.3. The largest absolute Gasteiger partial charge is 0.480 e. The van der Waals surface area contributed by atoms with Crippen molar-refractivity contribution in [1.29, 1.82) is 0 Å². The molecule has 1 atom stereocenters. The van der Waals surface area contributed by atoms with Gasteiger partial charge in [0.25, 0.3) is 0 Å². The Balaban J connectivity index is 2.06. The summed E-state index contributed by atoms with van der Waals surface area (Å²) in [6, 6.07) is 4.30. The van der Waals surface area contributed by atoms with Gasteiger partial charge in [-0.3, -0.25) is 14.4 Å². The number of carbonyl (C=O) groups is 2. The van der Waals surface area contributed by atoms with Crippen molar-refractivity contribution in [2.75, 3.05) is 12.0 Å². The summed E-state index contributed by atoms with van der Waals surface area (Å²) in [5, 5.41) is 11.7. The van der Waals surface area contributed by atoms with E-state index in [1.807, 2.05) is 6.26 Å². The number of thioether (sulfide) groups is 1. The van der Waals surface area contributed by atoms with Gasteiger partial charge in [0.15, 0.2) is 0 Å². The first-order valence-corrected chi connectivity index (χ1v) is 9.46. The second-order valence-corrected chi connectivity index (χ2v) is 6.90. The molecule has 0 unspecified atom stereocenters. The molecule has 0 aliphatic heterocycles. The number of amides is 1. The van der Waals surface area contributed by atoms with Crippen LogP contribution in [0.3, 0.4) is 0 Å². The maximum Gasteiger partial charge on any atom is 0.326 e. The molecule has 2 rings (SSSR count). The first kappa shape index (κ1) is 19.8. The van der Waals surface area contributed by atoms with Gasteiger partial charge in [0, 0.05) is 13.5 Å². The van der Waals surface area contributed by atoms with Gasteiger partial charge < -0.3 is 20.0 Å². The van der Waals surface area contributed by atoms with Crippen LogP contribution in [0.15, 0.2) is 27.8 Å². The fraction of sp³-hybridized carbons (Fsp3) is 0.412. The van der Waals surface area contributed by atoms with E-state index in [0.29, 0.717) is 29.6 Å². The number of carboxylic acids is 1. The molecule has 3 N–H and O–H groups in total. The predicted molar refractivity (Wildman–Crippen MR) is 101 cm³/mol. The van der Waals surface area contributed by atoms with Gasteiger partial charge in [0.05, 0.1) is 11.0 Å². The zero-order valence-corrected chi connectivity index (χ0v) is 15.4. The lowest BCUT2D eigenvalue weighted by molar-refractivity contribution is -0.141. The van der Waals surface area contributed by atoms with Gasteiger partial charge in [0.1, 0.15) is 6.04 Å². The lowest BCUT2D eigenvalue weighted by atomic mass is 10.1. The molecule has 0 saturated carbocycles. The Hall–Kier alpha value is -2.55. The summed E-state index contributed by atoms with van der Waals surface area (Å²) in [5.74, 6) is -0.738. The molecular weight excluding hydrogens is 358 g/mol. The third-order valence-corrected chi connectivity index (χ3v) is 4.70. The number of nitrogens with one attached hydrogen (secondary N) is 2. The van der Waals surface area contributed by atoms with E-state index < -0.39 is 23.1 Å². The lowest BCUT2D eigenvalue weighted by Crippen LogP contribution is -2.41. The van der Waals surface area contributed by atoms with Gasteiger partial charge in [-0.05, 0) is 42.5 Å². The average molecular weight is 379 g/mol. The Bertz CT molecular complexity index is 934. The van der Waals surface area contributed by atoms with Crippen LogP contribution in [0.5, 0.6) is 0 Å². The van der Waals surface area contributed by atoms with Gasteiger partial charge in [-0.25, -0.2) is 4.79 Å². The lowest BCUT2D eigenvalue weighted by Gasteiger charge is -2.14. The molecule has 0 bridgehead atoms. The summed E-state index contributed by atoms with van der Waals surface area (Å²) in [7, 11) is 1.52. The highest BCUT2D eigenvalue weighted by Crippen LogP contribution is 2.12. The normalized spacial score (nSPS) is 12.1. The molecule has 1 aromatic heterocycles. The van der Waals surface area contributed by atoms with Crippen LogP contribution in [0.1, 0.15) is 18.4 Å². The van der Waals surface area contributed by atoms with E-state index in [4.69, 9.17) is 5.11 Å². The van der Waals surface area contributed by atoms with Crippen molar-refractivity contribution in [3.63, 3.8) is 0 Å². The number of nitrogens with zero attached hydrogens (tertiary/aromatic N) is 1. The fourth-order valence-electron chi connectivity index (χ4n) is 2.59. The summed E-state index contributed by atoms with van der Waals surface area (Å²) >= 11 is 1.52. The highest BCUT2D eigenvalue weighted by molar-refractivity contribution is 7.98. The van der Waals surface area contributed by atoms with Crippen molar-refractivity contribution in [1.82, 2.24) is 14.9 Å².